The normalized spacial score (nSPS) is 18.1. The molecule has 0 aromatic carbocycles. The average Bonchev–Trinajstić information content (AvgIpc) is 2.09. The molecule has 52 valence electrons. The van der Waals surface area contributed by atoms with Gasteiger partial charge in [-0.1, -0.05) is 0 Å². The fourth-order valence-electron chi connectivity index (χ4n) is 0.908. The number of cyclic esters (lactones) is 2. The highest BCUT2D eigenvalue weighted by molar-refractivity contribution is 6.20. The van der Waals surface area contributed by atoms with Gasteiger partial charge in [-0.3, -0.25) is 0 Å². The number of hydrogen-bond donors (Lipinski definition) is 0. The first kappa shape index (κ1) is 7.06. The number of carbonyl (C=O) groups excluding carboxylic acids is 2. The summed E-state index contributed by atoms with van der Waals surface area (Å²) in [6, 6.07) is 0. The molecule has 10 heavy (non-hydrogen) atoms. The third-order valence-electron chi connectivity index (χ3n) is 1.54. The maximum Gasteiger partial charge on any atom is 0.342 e. The fraction of sp³-hybridized carbons (Fsp3) is 0.333. The number of hydrogen-bond acceptors (Lipinski definition) is 3. The molecule has 0 bridgehead atoms. The molecule has 0 saturated heterocycles. The molecule has 0 N–H and O–H groups in total. The Balaban J connectivity index is 3.01. The zero-order chi connectivity index (χ0) is 7.72. The third kappa shape index (κ3) is 0.855. The van der Waals surface area contributed by atoms with Gasteiger partial charge in [0.15, 0.2) is 0 Å². The van der Waals surface area contributed by atoms with E-state index >= 15 is 0 Å². The van der Waals surface area contributed by atoms with Crippen molar-refractivity contribution in [3.63, 3.8) is 0 Å². The Labute approximate surface area is 59.5 Å². The molecule has 1 aliphatic heterocycles. The molecule has 0 amide bonds. The summed E-state index contributed by atoms with van der Waals surface area (Å²) in [5.74, 6) is -0.980. The molecule has 4 heteroatoms. The van der Waals surface area contributed by atoms with Crippen LogP contribution in [0.1, 0.15) is 6.92 Å². The molecular formula is C6H7BO3. The van der Waals surface area contributed by atoms with Crippen molar-refractivity contribution in [3.8, 4) is 0 Å². The van der Waals surface area contributed by atoms with E-state index in [-0.39, 0.29) is 0 Å². The van der Waals surface area contributed by atoms with Crippen molar-refractivity contribution in [1.29, 1.82) is 0 Å². The van der Waals surface area contributed by atoms with Crippen molar-refractivity contribution in [2.45, 2.75) is 13.2 Å². The van der Waals surface area contributed by atoms with Gasteiger partial charge in [0.2, 0.25) is 0 Å². The predicted molar refractivity (Wildman–Crippen MR) is 37.2 cm³/mol. The van der Waals surface area contributed by atoms with Crippen molar-refractivity contribution in [1.82, 2.24) is 0 Å². The Morgan fingerprint density at radius 2 is 2.00 bits per heavy atom. The van der Waals surface area contributed by atoms with E-state index in [9.17, 15) is 9.59 Å². The minimum absolute atomic E-state index is 0.451. The first-order chi connectivity index (χ1) is 4.66. The summed E-state index contributed by atoms with van der Waals surface area (Å²) in [6.45, 7) is 1.60. The summed E-state index contributed by atoms with van der Waals surface area (Å²) < 4.78 is 4.33. The molecule has 1 rings (SSSR count). The van der Waals surface area contributed by atoms with Crippen LogP contribution in [-0.4, -0.2) is 19.8 Å². The van der Waals surface area contributed by atoms with Gasteiger partial charge in [0.25, 0.3) is 0 Å². The lowest BCUT2D eigenvalue weighted by molar-refractivity contribution is -0.151. The van der Waals surface area contributed by atoms with Crippen LogP contribution < -0.4 is 0 Å². The van der Waals surface area contributed by atoms with Crippen LogP contribution in [0.15, 0.2) is 11.1 Å². The molecule has 0 aliphatic carbocycles. The molecule has 0 saturated carbocycles. The minimum Gasteiger partial charge on any atom is -0.386 e. The van der Waals surface area contributed by atoms with Gasteiger partial charge in [-0.25, -0.2) is 9.59 Å². The number of esters is 2. The second kappa shape index (κ2) is 2.29. The van der Waals surface area contributed by atoms with Crippen molar-refractivity contribution in [2.24, 2.45) is 0 Å². The average molecular weight is 138 g/mol. The zero-order valence-corrected chi connectivity index (χ0v) is 5.93. The van der Waals surface area contributed by atoms with Gasteiger partial charge in [0.05, 0.1) is 0 Å². The monoisotopic (exact) mass is 138 g/mol. The number of rotatable bonds is 1. The lowest BCUT2D eigenvalue weighted by Crippen LogP contribution is -2.01. The predicted octanol–water partition coefficient (Wildman–Crippen LogP) is -0.562. The largest absolute Gasteiger partial charge is 0.386 e. The fourth-order valence-corrected chi connectivity index (χ4v) is 0.908. The molecule has 0 radical (unpaired) electrons. The van der Waals surface area contributed by atoms with Crippen LogP contribution in [0, 0.1) is 0 Å². The molecule has 0 unspecified atom stereocenters. The van der Waals surface area contributed by atoms with E-state index in [4.69, 9.17) is 0 Å². The summed E-state index contributed by atoms with van der Waals surface area (Å²) in [5.41, 5.74) is 0.956. The van der Waals surface area contributed by atoms with Crippen LogP contribution in [0.3, 0.4) is 0 Å². The maximum atomic E-state index is 10.7. The van der Waals surface area contributed by atoms with Crippen LogP contribution in [0.4, 0.5) is 0 Å². The molecule has 1 aliphatic rings. The van der Waals surface area contributed by atoms with Gasteiger partial charge in [0, 0.05) is 11.1 Å². The Hall–Kier alpha value is -1.06. The van der Waals surface area contributed by atoms with Gasteiger partial charge in [-0.2, -0.15) is 0 Å². The van der Waals surface area contributed by atoms with E-state index in [0.717, 1.165) is 0 Å². The Morgan fingerprint density at radius 3 is 2.20 bits per heavy atom. The molecule has 0 atom stereocenters. The van der Waals surface area contributed by atoms with E-state index in [2.05, 4.69) is 4.74 Å². The Kier molecular flexibility index (Phi) is 1.61. The van der Waals surface area contributed by atoms with Crippen LogP contribution in [0.5, 0.6) is 0 Å². The van der Waals surface area contributed by atoms with Crippen LogP contribution >= 0.6 is 0 Å². The second-order valence-corrected chi connectivity index (χ2v) is 2.13. The maximum absolute atomic E-state index is 10.7. The van der Waals surface area contributed by atoms with Gasteiger partial charge >= 0.3 is 11.9 Å². The van der Waals surface area contributed by atoms with Crippen molar-refractivity contribution >= 4 is 19.8 Å². The molecule has 0 aromatic rings. The van der Waals surface area contributed by atoms with Crippen LogP contribution in [0.25, 0.3) is 0 Å². The van der Waals surface area contributed by atoms with Gasteiger partial charge in [-0.05, 0) is 13.2 Å². The standard InChI is InChI=1S/C6H7BO3/c1-3-4(2-7)6(9)10-5(3)8/h2,7H2,1H3. The van der Waals surface area contributed by atoms with Gasteiger partial charge in [-0.15, -0.1) is 0 Å². The molecule has 0 fully saturated rings. The second-order valence-electron chi connectivity index (χ2n) is 2.13. The third-order valence-corrected chi connectivity index (χ3v) is 1.54. The van der Waals surface area contributed by atoms with Crippen LogP contribution in [-0.2, 0) is 14.3 Å². The van der Waals surface area contributed by atoms with E-state index in [1.165, 1.54) is 0 Å². The van der Waals surface area contributed by atoms with E-state index in [1.807, 2.05) is 7.85 Å². The van der Waals surface area contributed by atoms with Crippen molar-refractivity contribution in [2.75, 3.05) is 0 Å². The van der Waals surface area contributed by atoms with E-state index in [1.54, 1.807) is 6.92 Å². The molecular weight excluding hydrogens is 131 g/mol. The molecule has 1 heterocycles. The number of carbonyl (C=O) groups is 2. The summed E-state index contributed by atoms with van der Waals surface area (Å²) >= 11 is 0. The molecule has 0 aromatic heterocycles. The quantitative estimate of drug-likeness (QED) is 0.277. The SMILES string of the molecule is BCC1=C(C)C(=O)OC1=O. The lowest BCUT2D eigenvalue weighted by Gasteiger charge is -1.88. The lowest BCUT2D eigenvalue weighted by atomic mass is 9.94. The first-order valence-corrected chi connectivity index (χ1v) is 3.13. The zero-order valence-electron chi connectivity index (χ0n) is 5.93. The Bertz CT molecular complexity index is 229. The van der Waals surface area contributed by atoms with Gasteiger partial charge < -0.3 is 4.74 Å². The minimum atomic E-state index is -0.498. The Morgan fingerprint density at radius 1 is 1.40 bits per heavy atom. The van der Waals surface area contributed by atoms with Gasteiger partial charge in [0.1, 0.15) is 7.85 Å². The van der Waals surface area contributed by atoms with Crippen LogP contribution in [0.2, 0.25) is 6.32 Å². The first-order valence-electron chi connectivity index (χ1n) is 3.13. The van der Waals surface area contributed by atoms with Crippen molar-refractivity contribution < 1.29 is 14.3 Å². The summed E-state index contributed by atoms with van der Waals surface area (Å²) in [5, 5.41) is 0. The highest BCUT2D eigenvalue weighted by atomic mass is 16.6. The molecule has 0 spiro atoms. The van der Waals surface area contributed by atoms with Crippen molar-refractivity contribution in [3.05, 3.63) is 11.1 Å². The topological polar surface area (TPSA) is 43.4 Å². The smallest absolute Gasteiger partial charge is 0.342 e. The summed E-state index contributed by atoms with van der Waals surface area (Å²) in [7, 11) is 1.82. The highest BCUT2D eigenvalue weighted by Crippen LogP contribution is 2.18. The molecule has 3 nitrogen and oxygen atoms in total. The highest BCUT2D eigenvalue weighted by Gasteiger charge is 2.27. The summed E-state index contributed by atoms with van der Waals surface area (Å²) in [6.07, 6.45) is 0.566. The van der Waals surface area contributed by atoms with E-state index in [0.29, 0.717) is 17.5 Å². The van der Waals surface area contributed by atoms with E-state index < -0.39 is 11.9 Å². The number of ether oxygens (including phenoxy) is 1. The summed E-state index contributed by atoms with van der Waals surface area (Å²) in [4.78, 5) is 21.4.